The van der Waals surface area contributed by atoms with Crippen LogP contribution in [0, 0.1) is 0 Å². The fourth-order valence-corrected chi connectivity index (χ4v) is 6.13. The van der Waals surface area contributed by atoms with E-state index in [1.165, 1.54) is 44.9 Å². The lowest BCUT2D eigenvalue weighted by Crippen LogP contribution is -2.30. The average Bonchev–Trinajstić information content (AvgIpc) is 3.27. The fraction of sp³-hybridized carbons (Fsp3) is 0.589. The van der Waals surface area contributed by atoms with E-state index in [1.807, 2.05) is 36.5 Å². The number of hydrogen-bond acceptors (Lipinski definition) is 6. The molecule has 0 fully saturated rings. The number of hydrogen-bond donors (Lipinski definition) is 0. The highest BCUT2D eigenvalue weighted by molar-refractivity contribution is 5.71. The van der Waals surface area contributed by atoms with Crippen molar-refractivity contribution >= 4 is 17.9 Å². The van der Waals surface area contributed by atoms with Crippen molar-refractivity contribution in [3.63, 3.8) is 0 Å². The van der Waals surface area contributed by atoms with Crippen molar-refractivity contribution in [1.82, 2.24) is 0 Å². The smallest absolute Gasteiger partial charge is 0.306 e. The van der Waals surface area contributed by atoms with Crippen LogP contribution in [0.15, 0.2) is 122 Å². The molecule has 6 nitrogen and oxygen atoms in total. The van der Waals surface area contributed by atoms with Gasteiger partial charge in [-0.3, -0.25) is 14.4 Å². The number of ether oxygens (including phenoxy) is 3. The maximum Gasteiger partial charge on any atom is 0.306 e. The Kier molecular flexibility index (Phi) is 46.1. The summed E-state index contributed by atoms with van der Waals surface area (Å²) in [6.45, 7) is 6.25. The molecule has 0 N–H and O–H groups in total. The number of rotatable bonds is 42. The van der Waals surface area contributed by atoms with Gasteiger partial charge >= 0.3 is 17.9 Å². The van der Waals surface area contributed by atoms with Gasteiger partial charge in [0.25, 0.3) is 0 Å². The van der Waals surface area contributed by atoms with Gasteiger partial charge in [0.2, 0.25) is 0 Å². The average molecular weight is 857 g/mol. The minimum Gasteiger partial charge on any atom is -0.462 e. The van der Waals surface area contributed by atoms with E-state index in [4.69, 9.17) is 14.2 Å². The zero-order valence-corrected chi connectivity index (χ0v) is 39.6. The lowest BCUT2D eigenvalue weighted by Gasteiger charge is -2.18. The third-order valence-corrected chi connectivity index (χ3v) is 9.78. The minimum absolute atomic E-state index is 0.126. The first-order valence-corrected chi connectivity index (χ1v) is 24.6. The molecule has 6 heteroatoms. The Bertz CT molecular complexity index is 1350. The predicted octanol–water partition coefficient (Wildman–Crippen LogP) is 16.1. The van der Waals surface area contributed by atoms with Crippen LogP contribution in [0.1, 0.15) is 194 Å². The molecule has 0 heterocycles. The lowest BCUT2D eigenvalue weighted by molar-refractivity contribution is -0.167. The van der Waals surface area contributed by atoms with E-state index in [-0.39, 0.29) is 44.0 Å². The molecule has 1 unspecified atom stereocenters. The molecule has 0 saturated carbocycles. The maximum atomic E-state index is 12.8. The Labute approximate surface area is 380 Å². The van der Waals surface area contributed by atoms with E-state index >= 15 is 0 Å². The van der Waals surface area contributed by atoms with Gasteiger partial charge in [0, 0.05) is 19.3 Å². The Balaban J connectivity index is 4.58. The Morgan fingerprint density at radius 3 is 1.26 bits per heavy atom. The van der Waals surface area contributed by atoms with Gasteiger partial charge in [-0.15, -0.1) is 0 Å². The van der Waals surface area contributed by atoms with Gasteiger partial charge in [0.15, 0.2) is 6.10 Å². The summed E-state index contributed by atoms with van der Waals surface area (Å²) in [6.07, 6.45) is 67.6. The van der Waals surface area contributed by atoms with E-state index in [2.05, 4.69) is 106 Å². The summed E-state index contributed by atoms with van der Waals surface area (Å²) in [4.78, 5) is 37.9. The number of carbonyl (C=O) groups excluding carboxylic acids is 3. The summed E-state index contributed by atoms with van der Waals surface area (Å²) in [7, 11) is 0. The maximum absolute atomic E-state index is 12.8. The summed E-state index contributed by atoms with van der Waals surface area (Å²) < 4.78 is 16.7. The molecule has 0 aliphatic rings. The molecule has 0 radical (unpaired) electrons. The molecule has 0 amide bonds. The second kappa shape index (κ2) is 49.5. The van der Waals surface area contributed by atoms with Crippen molar-refractivity contribution in [2.24, 2.45) is 0 Å². The van der Waals surface area contributed by atoms with Crippen molar-refractivity contribution in [1.29, 1.82) is 0 Å². The van der Waals surface area contributed by atoms with E-state index in [1.54, 1.807) is 0 Å². The highest BCUT2D eigenvalue weighted by atomic mass is 16.6. The van der Waals surface area contributed by atoms with Gasteiger partial charge in [-0.1, -0.05) is 194 Å². The summed E-state index contributed by atoms with van der Waals surface area (Å²) in [5.74, 6) is -1.05. The molecule has 0 aliphatic heterocycles. The van der Waals surface area contributed by atoms with Crippen molar-refractivity contribution in [3.8, 4) is 0 Å². The zero-order chi connectivity index (χ0) is 45.1. The topological polar surface area (TPSA) is 78.9 Å². The molecule has 0 rings (SSSR count). The van der Waals surface area contributed by atoms with Crippen LogP contribution in [0.2, 0.25) is 0 Å². The SMILES string of the molecule is CC\C=C/C=C\C=C/C=C\CCCCCC(=O)OCC(COC(=O)CCC/C=C\C/C=C\C/C=C\C/C=C\C/C=C\CC)OC(=O)CCCCC/C=C\CCCCCCCCC. The summed E-state index contributed by atoms with van der Waals surface area (Å²) in [5, 5.41) is 0. The van der Waals surface area contributed by atoms with Crippen LogP contribution in [0.3, 0.4) is 0 Å². The zero-order valence-electron chi connectivity index (χ0n) is 39.6. The van der Waals surface area contributed by atoms with E-state index in [9.17, 15) is 14.4 Å². The highest BCUT2D eigenvalue weighted by Crippen LogP contribution is 2.12. The van der Waals surface area contributed by atoms with Crippen LogP contribution in [0.4, 0.5) is 0 Å². The van der Waals surface area contributed by atoms with Gasteiger partial charge in [0.05, 0.1) is 0 Å². The van der Waals surface area contributed by atoms with Gasteiger partial charge in [-0.25, -0.2) is 0 Å². The van der Waals surface area contributed by atoms with Crippen LogP contribution in [-0.4, -0.2) is 37.2 Å². The molecular weight excluding hydrogens is 769 g/mol. The third kappa shape index (κ3) is 46.9. The molecule has 0 spiro atoms. The third-order valence-electron chi connectivity index (χ3n) is 9.78. The molecular formula is C56H88O6. The molecule has 0 bridgehead atoms. The molecule has 348 valence electrons. The first kappa shape index (κ1) is 57.8. The Morgan fingerprint density at radius 2 is 0.726 bits per heavy atom. The van der Waals surface area contributed by atoms with Crippen LogP contribution in [0.5, 0.6) is 0 Å². The minimum atomic E-state index is -0.827. The summed E-state index contributed by atoms with van der Waals surface area (Å²) >= 11 is 0. The van der Waals surface area contributed by atoms with Gasteiger partial charge in [-0.2, -0.15) is 0 Å². The normalized spacial score (nSPS) is 13.1. The van der Waals surface area contributed by atoms with Crippen LogP contribution >= 0.6 is 0 Å². The van der Waals surface area contributed by atoms with E-state index < -0.39 is 6.10 Å². The summed E-state index contributed by atoms with van der Waals surface area (Å²) in [5.41, 5.74) is 0. The van der Waals surface area contributed by atoms with Crippen molar-refractivity contribution < 1.29 is 28.6 Å². The van der Waals surface area contributed by atoms with Crippen LogP contribution in [-0.2, 0) is 28.6 Å². The first-order valence-electron chi connectivity index (χ1n) is 24.6. The van der Waals surface area contributed by atoms with Crippen molar-refractivity contribution in [3.05, 3.63) is 122 Å². The molecule has 0 saturated heterocycles. The lowest BCUT2D eigenvalue weighted by atomic mass is 10.1. The predicted molar refractivity (Wildman–Crippen MR) is 265 cm³/mol. The van der Waals surface area contributed by atoms with Crippen molar-refractivity contribution in [2.75, 3.05) is 13.2 Å². The number of unbranched alkanes of at least 4 members (excludes halogenated alkanes) is 14. The van der Waals surface area contributed by atoms with Crippen molar-refractivity contribution in [2.45, 2.75) is 200 Å². The van der Waals surface area contributed by atoms with Crippen LogP contribution < -0.4 is 0 Å². The molecule has 1 atom stereocenters. The largest absolute Gasteiger partial charge is 0.462 e. The van der Waals surface area contributed by atoms with Gasteiger partial charge in [0.1, 0.15) is 13.2 Å². The number of allylic oxidation sites excluding steroid dienone is 20. The standard InChI is InChI=1S/C56H88O6/c1-4-7-10-13-16-19-22-25-27-28-29-32-34-37-40-43-46-49-55(58)61-52-53(51-60-54(57)48-45-42-39-36-33-30-24-21-18-15-12-9-6-3)62-56(59)50-47-44-41-38-35-31-26-23-20-17-14-11-8-5-2/h7,9-10,12,15-16,18-19,21,24-25,27,29-33,35,37,40,53H,4-6,8,11,13-14,17,20,22-23,26,28,34,36,38-39,41-52H2,1-3H3/b10-7-,12-9-,18-15-,19-16-,24-21-,27-25-,32-29-,33-30-,35-31-,40-37-. The Hall–Kier alpha value is -4.19. The molecule has 0 aromatic rings. The molecule has 0 aliphatic carbocycles. The van der Waals surface area contributed by atoms with Crippen LogP contribution in [0.25, 0.3) is 0 Å². The quantitative estimate of drug-likeness (QED) is 0.0200. The Morgan fingerprint density at radius 1 is 0.355 bits per heavy atom. The van der Waals surface area contributed by atoms with Gasteiger partial charge < -0.3 is 14.2 Å². The molecule has 0 aromatic carbocycles. The molecule has 0 aromatic heterocycles. The van der Waals surface area contributed by atoms with Gasteiger partial charge in [-0.05, 0) is 103 Å². The second-order valence-electron chi connectivity index (χ2n) is 15.7. The second-order valence-corrected chi connectivity index (χ2v) is 15.7. The van der Waals surface area contributed by atoms with E-state index in [0.29, 0.717) is 12.8 Å². The number of carbonyl (C=O) groups is 3. The highest BCUT2D eigenvalue weighted by Gasteiger charge is 2.19. The first-order chi connectivity index (χ1) is 30.5. The molecule has 62 heavy (non-hydrogen) atoms. The summed E-state index contributed by atoms with van der Waals surface area (Å²) in [6, 6.07) is 0. The fourth-order valence-electron chi connectivity index (χ4n) is 6.13. The number of esters is 3. The monoisotopic (exact) mass is 857 g/mol. The van der Waals surface area contributed by atoms with E-state index in [0.717, 1.165) is 103 Å².